The molecule has 0 saturated carbocycles. The highest BCUT2D eigenvalue weighted by atomic mass is 19.1. The fraction of sp³-hybridized carbons (Fsp3) is 0.458. The minimum absolute atomic E-state index is 0.00588. The molecule has 2 fully saturated rings. The normalized spacial score (nSPS) is 23.7. The van der Waals surface area contributed by atoms with E-state index in [0.29, 0.717) is 31.0 Å². The smallest absolute Gasteiger partial charge is 0.322 e. The van der Waals surface area contributed by atoms with E-state index in [1.807, 2.05) is 47.9 Å². The molecule has 2 aliphatic heterocycles. The number of amides is 2. The molecule has 0 bridgehead atoms. The first-order chi connectivity index (χ1) is 14.9. The van der Waals surface area contributed by atoms with Gasteiger partial charge in [0.25, 0.3) is 0 Å². The first-order valence-electron chi connectivity index (χ1n) is 10.9. The average Bonchev–Trinajstić information content (AvgIpc) is 3.23. The molecular formula is C24H30FN3O3. The summed E-state index contributed by atoms with van der Waals surface area (Å²) in [6.45, 7) is 5.94. The van der Waals surface area contributed by atoms with Gasteiger partial charge in [0.15, 0.2) is 0 Å². The SMILES string of the molecule is COc1ccc(C2CCCN2C(=O)Nc2ccc(N3CC(C)OC(C)C3)c(F)c2)cc1. The summed E-state index contributed by atoms with van der Waals surface area (Å²) in [7, 11) is 1.63. The Kier molecular flexibility index (Phi) is 6.32. The minimum atomic E-state index is -0.341. The number of halogens is 1. The van der Waals surface area contributed by atoms with Crippen LogP contribution in [0, 0.1) is 5.82 Å². The Morgan fingerprint density at radius 2 is 1.84 bits per heavy atom. The monoisotopic (exact) mass is 427 g/mol. The maximum atomic E-state index is 14.9. The van der Waals surface area contributed by atoms with E-state index in [1.54, 1.807) is 19.2 Å². The summed E-state index contributed by atoms with van der Waals surface area (Å²) < 4.78 is 25.8. The number of nitrogens with zero attached hydrogens (tertiary/aromatic N) is 2. The molecule has 31 heavy (non-hydrogen) atoms. The number of morpholine rings is 1. The van der Waals surface area contributed by atoms with E-state index in [-0.39, 0.29) is 30.1 Å². The highest BCUT2D eigenvalue weighted by molar-refractivity contribution is 5.90. The fourth-order valence-electron chi connectivity index (χ4n) is 4.59. The molecule has 3 unspecified atom stereocenters. The lowest BCUT2D eigenvalue weighted by Gasteiger charge is -2.37. The lowest BCUT2D eigenvalue weighted by atomic mass is 10.0. The van der Waals surface area contributed by atoms with Gasteiger partial charge in [0.1, 0.15) is 11.6 Å². The van der Waals surface area contributed by atoms with Gasteiger partial charge in [-0.05, 0) is 62.6 Å². The summed E-state index contributed by atoms with van der Waals surface area (Å²) in [4.78, 5) is 16.8. The Hall–Kier alpha value is -2.80. The molecule has 3 atom stereocenters. The number of hydrogen-bond acceptors (Lipinski definition) is 4. The van der Waals surface area contributed by atoms with Gasteiger partial charge in [0.05, 0.1) is 31.0 Å². The Labute approximate surface area is 182 Å². The summed E-state index contributed by atoms with van der Waals surface area (Å²) >= 11 is 0. The van der Waals surface area contributed by atoms with Crippen molar-refractivity contribution in [3.8, 4) is 5.75 Å². The highest BCUT2D eigenvalue weighted by Gasteiger charge is 2.30. The molecule has 6 nitrogen and oxygen atoms in total. The van der Waals surface area contributed by atoms with E-state index >= 15 is 0 Å². The number of nitrogens with one attached hydrogen (secondary N) is 1. The first-order valence-corrected chi connectivity index (χ1v) is 10.9. The number of carbonyl (C=O) groups is 1. The third-order valence-electron chi connectivity index (χ3n) is 5.97. The van der Waals surface area contributed by atoms with Crippen molar-refractivity contribution in [1.82, 2.24) is 4.90 Å². The van der Waals surface area contributed by atoms with Crippen molar-refractivity contribution in [2.45, 2.75) is 44.9 Å². The average molecular weight is 428 g/mol. The zero-order valence-electron chi connectivity index (χ0n) is 18.3. The number of urea groups is 1. The number of carbonyl (C=O) groups excluding carboxylic acids is 1. The van der Waals surface area contributed by atoms with E-state index < -0.39 is 0 Å². The van der Waals surface area contributed by atoms with E-state index in [2.05, 4.69) is 5.32 Å². The van der Waals surface area contributed by atoms with E-state index in [4.69, 9.17) is 9.47 Å². The summed E-state index contributed by atoms with van der Waals surface area (Å²) in [5.74, 6) is 0.449. The molecule has 0 aromatic heterocycles. The number of ether oxygens (including phenoxy) is 2. The Morgan fingerprint density at radius 3 is 2.48 bits per heavy atom. The summed E-state index contributed by atoms with van der Waals surface area (Å²) in [5.41, 5.74) is 2.07. The number of anilines is 2. The van der Waals surface area contributed by atoms with Crippen LogP contribution in [0.2, 0.25) is 0 Å². The van der Waals surface area contributed by atoms with Crippen LogP contribution in [0.1, 0.15) is 38.3 Å². The van der Waals surface area contributed by atoms with E-state index in [9.17, 15) is 9.18 Å². The van der Waals surface area contributed by atoms with Gasteiger partial charge in [-0.15, -0.1) is 0 Å². The summed E-state index contributed by atoms with van der Waals surface area (Å²) in [5, 5.41) is 2.87. The molecule has 0 radical (unpaired) electrons. The molecule has 166 valence electrons. The zero-order valence-corrected chi connectivity index (χ0v) is 18.3. The Balaban J connectivity index is 1.44. The van der Waals surface area contributed by atoms with Crippen LogP contribution in [-0.2, 0) is 4.74 Å². The third-order valence-corrected chi connectivity index (χ3v) is 5.97. The van der Waals surface area contributed by atoms with Crippen LogP contribution in [-0.4, -0.2) is 49.9 Å². The maximum Gasteiger partial charge on any atom is 0.322 e. The largest absolute Gasteiger partial charge is 0.497 e. The third kappa shape index (κ3) is 4.77. The van der Waals surface area contributed by atoms with Gasteiger partial charge in [-0.3, -0.25) is 0 Å². The second kappa shape index (κ2) is 9.14. The molecule has 2 aromatic rings. The molecule has 2 saturated heterocycles. The van der Waals surface area contributed by atoms with Crippen LogP contribution >= 0.6 is 0 Å². The van der Waals surface area contributed by atoms with Crippen molar-refractivity contribution < 1.29 is 18.7 Å². The van der Waals surface area contributed by atoms with E-state index in [1.165, 1.54) is 6.07 Å². The van der Waals surface area contributed by atoms with Crippen molar-refractivity contribution >= 4 is 17.4 Å². The fourth-order valence-corrected chi connectivity index (χ4v) is 4.59. The van der Waals surface area contributed by atoms with E-state index in [0.717, 1.165) is 24.2 Å². The summed E-state index contributed by atoms with van der Waals surface area (Å²) in [6, 6.07) is 12.5. The van der Waals surface area contributed by atoms with Crippen molar-refractivity contribution in [3.63, 3.8) is 0 Å². The number of methoxy groups -OCH3 is 1. The molecule has 1 N–H and O–H groups in total. The molecule has 2 heterocycles. The first kappa shape index (κ1) is 21.4. The highest BCUT2D eigenvalue weighted by Crippen LogP contribution is 2.33. The van der Waals surface area contributed by atoms with Gasteiger partial charge in [-0.1, -0.05) is 12.1 Å². The van der Waals surface area contributed by atoms with Crippen LogP contribution in [0.4, 0.5) is 20.6 Å². The molecule has 2 aromatic carbocycles. The molecule has 0 spiro atoms. The molecule has 7 heteroatoms. The van der Waals surface area contributed by atoms with Crippen LogP contribution < -0.4 is 15.0 Å². The Morgan fingerprint density at radius 1 is 1.13 bits per heavy atom. The standard InChI is InChI=1S/C24H30FN3O3/c1-16-14-27(15-17(2)31-16)23-11-8-19(13-21(23)25)26-24(29)28-12-4-5-22(28)18-6-9-20(30-3)10-7-18/h6-11,13,16-17,22H,4-5,12,14-15H2,1-3H3,(H,26,29). The van der Waals surface area contributed by atoms with Crippen LogP contribution in [0.3, 0.4) is 0 Å². The number of rotatable bonds is 4. The maximum absolute atomic E-state index is 14.9. The number of hydrogen-bond donors (Lipinski definition) is 1. The molecule has 4 rings (SSSR count). The quantitative estimate of drug-likeness (QED) is 0.760. The van der Waals surface area contributed by atoms with Crippen LogP contribution in [0.15, 0.2) is 42.5 Å². The molecule has 2 aliphatic rings. The van der Waals surface area contributed by atoms with Gasteiger partial charge in [-0.2, -0.15) is 0 Å². The molecular weight excluding hydrogens is 397 g/mol. The van der Waals surface area contributed by atoms with Gasteiger partial charge < -0.3 is 24.6 Å². The van der Waals surface area contributed by atoms with Crippen molar-refractivity contribution in [1.29, 1.82) is 0 Å². The zero-order chi connectivity index (χ0) is 22.0. The van der Waals surface area contributed by atoms with Gasteiger partial charge in [-0.25, -0.2) is 9.18 Å². The van der Waals surface area contributed by atoms with Gasteiger partial charge in [0, 0.05) is 25.3 Å². The van der Waals surface area contributed by atoms with Gasteiger partial charge in [0.2, 0.25) is 0 Å². The van der Waals surface area contributed by atoms with Crippen LogP contribution in [0.5, 0.6) is 5.75 Å². The van der Waals surface area contributed by atoms with Crippen molar-refractivity contribution in [2.75, 3.05) is 37.0 Å². The van der Waals surface area contributed by atoms with Gasteiger partial charge >= 0.3 is 6.03 Å². The Bertz CT molecular complexity index is 911. The van der Waals surface area contributed by atoms with Crippen LogP contribution in [0.25, 0.3) is 0 Å². The molecule has 2 amide bonds. The summed E-state index contributed by atoms with van der Waals surface area (Å²) in [6.07, 6.45) is 1.94. The second-order valence-corrected chi connectivity index (χ2v) is 8.38. The minimum Gasteiger partial charge on any atom is -0.497 e. The van der Waals surface area contributed by atoms with Crippen molar-refractivity contribution in [3.05, 3.63) is 53.8 Å². The second-order valence-electron chi connectivity index (χ2n) is 8.38. The van der Waals surface area contributed by atoms with Crippen molar-refractivity contribution in [2.24, 2.45) is 0 Å². The molecule has 0 aliphatic carbocycles. The lowest BCUT2D eigenvalue weighted by molar-refractivity contribution is -0.00539. The number of benzene rings is 2. The number of likely N-dealkylation sites (tertiary alicyclic amines) is 1. The predicted molar refractivity (Wildman–Crippen MR) is 119 cm³/mol. The predicted octanol–water partition coefficient (Wildman–Crippen LogP) is 4.82. The lowest BCUT2D eigenvalue weighted by Crippen LogP contribution is -2.45. The topological polar surface area (TPSA) is 54.0 Å².